The van der Waals surface area contributed by atoms with E-state index < -0.39 is 36.5 Å². The first-order valence-electron chi connectivity index (χ1n) is 8.62. The van der Waals surface area contributed by atoms with Crippen molar-refractivity contribution in [2.24, 2.45) is 5.73 Å². The zero-order chi connectivity index (χ0) is 23.1. The van der Waals surface area contributed by atoms with E-state index in [0.717, 1.165) is 9.21 Å². The van der Waals surface area contributed by atoms with Crippen molar-refractivity contribution < 1.29 is 26.7 Å². The minimum absolute atomic E-state index is 0.00621. The predicted octanol–water partition coefficient (Wildman–Crippen LogP) is 2.99. The number of carbonyl (C=O) groups is 1. The van der Waals surface area contributed by atoms with Gasteiger partial charge in [0.25, 0.3) is 0 Å². The Bertz CT molecular complexity index is 1250. The highest BCUT2D eigenvalue weighted by Gasteiger charge is 2.36. The molecule has 0 radical (unpaired) electrons. The summed E-state index contributed by atoms with van der Waals surface area (Å²) in [6.07, 6.45) is 0. The van der Waals surface area contributed by atoms with Crippen molar-refractivity contribution in [2.45, 2.75) is 4.90 Å². The molecule has 31 heavy (non-hydrogen) atoms. The second-order valence-electron chi connectivity index (χ2n) is 6.55. The Morgan fingerprint density at radius 2 is 1.65 bits per heavy atom. The highest BCUT2D eigenvalue weighted by atomic mass is 35.5. The maximum absolute atomic E-state index is 13.1. The summed E-state index contributed by atoms with van der Waals surface area (Å²) in [4.78, 5) is 12.3. The highest BCUT2D eigenvalue weighted by Crippen LogP contribution is 2.44. The molecule has 9 nitrogen and oxygen atoms in total. The van der Waals surface area contributed by atoms with Crippen molar-refractivity contribution >= 4 is 72.1 Å². The first-order valence-corrected chi connectivity index (χ1v) is 13.0. The van der Waals surface area contributed by atoms with Gasteiger partial charge in [0, 0.05) is 13.1 Å². The molecule has 14 heteroatoms. The SMILES string of the molecule is NC(=O)N(c1ccc(Cl)c(S(=O)(=O)N2CCS(=O)(=O)CC2)c1O)c1cccc(Cl)c1Cl. The summed E-state index contributed by atoms with van der Waals surface area (Å²) in [5, 5.41) is 10.6. The Labute approximate surface area is 193 Å². The molecular formula is C17H16Cl3N3O6S2. The van der Waals surface area contributed by atoms with Gasteiger partial charge in [0.15, 0.2) is 15.6 Å². The summed E-state index contributed by atoms with van der Waals surface area (Å²) in [6, 6.07) is 5.63. The maximum atomic E-state index is 13.1. The van der Waals surface area contributed by atoms with Gasteiger partial charge in [-0.15, -0.1) is 0 Å². The van der Waals surface area contributed by atoms with Gasteiger partial charge in [0.05, 0.1) is 37.9 Å². The lowest BCUT2D eigenvalue weighted by Crippen LogP contribution is -2.43. The topological polar surface area (TPSA) is 138 Å². The molecule has 1 saturated heterocycles. The van der Waals surface area contributed by atoms with Crippen LogP contribution in [-0.2, 0) is 19.9 Å². The van der Waals surface area contributed by atoms with Gasteiger partial charge in [-0.25, -0.2) is 21.6 Å². The van der Waals surface area contributed by atoms with Gasteiger partial charge in [-0.3, -0.25) is 4.90 Å². The van der Waals surface area contributed by atoms with Crippen LogP contribution >= 0.6 is 34.8 Å². The number of phenolic OH excluding ortho intramolecular Hbond substituents is 1. The smallest absolute Gasteiger partial charge is 0.324 e. The zero-order valence-electron chi connectivity index (χ0n) is 15.6. The van der Waals surface area contributed by atoms with E-state index in [2.05, 4.69) is 0 Å². The molecule has 1 aliphatic heterocycles. The summed E-state index contributed by atoms with van der Waals surface area (Å²) in [6.45, 7) is -0.603. The van der Waals surface area contributed by atoms with Gasteiger partial charge in [-0.1, -0.05) is 40.9 Å². The average molecular weight is 529 g/mol. The van der Waals surface area contributed by atoms with Gasteiger partial charge in [0.2, 0.25) is 10.0 Å². The number of nitrogens with two attached hydrogens (primary N) is 1. The Hall–Kier alpha value is -1.76. The Kier molecular flexibility index (Phi) is 6.66. The number of phenols is 1. The van der Waals surface area contributed by atoms with E-state index in [0.29, 0.717) is 0 Å². The molecule has 0 saturated carbocycles. The molecule has 168 valence electrons. The Balaban J connectivity index is 2.16. The molecule has 0 bridgehead atoms. The third-order valence-electron chi connectivity index (χ3n) is 4.60. The van der Waals surface area contributed by atoms with Gasteiger partial charge in [-0.2, -0.15) is 4.31 Å². The van der Waals surface area contributed by atoms with Crippen LogP contribution < -0.4 is 10.6 Å². The van der Waals surface area contributed by atoms with Crippen LogP contribution in [0.25, 0.3) is 0 Å². The molecule has 1 fully saturated rings. The van der Waals surface area contributed by atoms with Crippen LogP contribution in [0.15, 0.2) is 35.2 Å². The van der Waals surface area contributed by atoms with Crippen molar-refractivity contribution in [2.75, 3.05) is 29.5 Å². The lowest BCUT2D eigenvalue weighted by Gasteiger charge is -2.28. The molecule has 0 unspecified atom stereocenters. The molecule has 3 rings (SSSR count). The van der Waals surface area contributed by atoms with Crippen LogP contribution in [0.5, 0.6) is 5.75 Å². The molecule has 0 spiro atoms. The second kappa shape index (κ2) is 8.64. The lowest BCUT2D eigenvalue weighted by molar-refractivity contribution is 0.256. The van der Waals surface area contributed by atoms with E-state index >= 15 is 0 Å². The van der Waals surface area contributed by atoms with Crippen LogP contribution in [0.3, 0.4) is 0 Å². The summed E-state index contributed by atoms with van der Waals surface area (Å²) in [5.41, 5.74) is 5.18. The molecule has 2 amide bonds. The van der Waals surface area contributed by atoms with E-state index in [-0.39, 0.29) is 51.0 Å². The standard InChI is InChI=1S/C17H16Cl3N3O6S2/c18-10-2-1-3-12(14(10)20)23(17(21)25)13-5-4-11(19)16(15(13)24)31(28,29)22-6-8-30(26,27)9-7-22/h1-5,24H,6-9H2,(H2,21,25). The van der Waals surface area contributed by atoms with Crippen LogP contribution in [-0.4, -0.2) is 56.9 Å². The first-order chi connectivity index (χ1) is 14.4. The minimum Gasteiger partial charge on any atom is -0.504 e. The fraction of sp³-hybridized carbons (Fsp3) is 0.235. The van der Waals surface area contributed by atoms with E-state index in [9.17, 15) is 26.7 Å². The third kappa shape index (κ3) is 4.57. The van der Waals surface area contributed by atoms with Crippen LogP contribution in [0.4, 0.5) is 16.2 Å². The highest BCUT2D eigenvalue weighted by molar-refractivity contribution is 7.92. The number of hydrogen-bond donors (Lipinski definition) is 2. The fourth-order valence-corrected chi connectivity index (χ4v) is 6.90. The normalized spacial score (nSPS) is 16.7. The van der Waals surface area contributed by atoms with Crippen LogP contribution in [0.2, 0.25) is 15.1 Å². The fourth-order valence-electron chi connectivity index (χ4n) is 3.06. The molecule has 1 aliphatic rings. The third-order valence-corrected chi connectivity index (χ3v) is 9.42. The lowest BCUT2D eigenvalue weighted by atomic mass is 10.2. The number of urea groups is 1. The van der Waals surface area contributed by atoms with E-state index in [4.69, 9.17) is 40.5 Å². The number of aromatic hydroxyl groups is 1. The Morgan fingerprint density at radius 1 is 1.03 bits per heavy atom. The van der Waals surface area contributed by atoms with Crippen molar-refractivity contribution in [3.05, 3.63) is 45.4 Å². The van der Waals surface area contributed by atoms with E-state index in [1.807, 2.05) is 0 Å². The molecule has 1 heterocycles. The number of rotatable bonds is 4. The number of hydrogen-bond acceptors (Lipinski definition) is 6. The van der Waals surface area contributed by atoms with E-state index in [1.165, 1.54) is 30.3 Å². The number of carbonyl (C=O) groups excluding carboxylic acids is 1. The number of nitrogens with zero attached hydrogens (tertiary/aromatic N) is 2. The summed E-state index contributed by atoms with van der Waals surface area (Å²) in [7, 11) is -7.76. The van der Waals surface area contributed by atoms with Gasteiger partial charge < -0.3 is 10.8 Å². The molecule has 2 aromatic carbocycles. The quantitative estimate of drug-likeness (QED) is 0.625. The number of primary amides is 1. The van der Waals surface area contributed by atoms with Crippen molar-refractivity contribution in [1.82, 2.24) is 4.31 Å². The minimum atomic E-state index is -4.41. The molecule has 0 aromatic heterocycles. The summed E-state index contributed by atoms with van der Waals surface area (Å²) >= 11 is 18.3. The zero-order valence-corrected chi connectivity index (χ0v) is 19.5. The number of benzene rings is 2. The summed E-state index contributed by atoms with van der Waals surface area (Å²) < 4.78 is 50.5. The van der Waals surface area contributed by atoms with Crippen molar-refractivity contribution in [3.63, 3.8) is 0 Å². The van der Waals surface area contributed by atoms with Crippen molar-refractivity contribution in [3.8, 4) is 5.75 Å². The average Bonchev–Trinajstić information content (AvgIpc) is 2.66. The first kappa shape index (κ1) is 23.9. The Morgan fingerprint density at radius 3 is 2.23 bits per heavy atom. The predicted molar refractivity (Wildman–Crippen MR) is 119 cm³/mol. The van der Waals surface area contributed by atoms with Crippen LogP contribution in [0.1, 0.15) is 0 Å². The monoisotopic (exact) mass is 527 g/mol. The molecule has 0 aliphatic carbocycles. The van der Waals surface area contributed by atoms with Gasteiger partial charge in [-0.05, 0) is 24.3 Å². The molecular weight excluding hydrogens is 513 g/mol. The number of anilines is 2. The number of sulfonamides is 1. The maximum Gasteiger partial charge on any atom is 0.324 e. The summed E-state index contributed by atoms with van der Waals surface area (Å²) in [5.74, 6) is -1.58. The molecule has 3 N–H and O–H groups in total. The number of amides is 2. The van der Waals surface area contributed by atoms with E-state index in [1.54, 1.807) is 0 Å². The van der Waals surface area contributed by atoms with Crippen LogP contribution in [0, 0.1) is 0 Å². The van der Waals surface area contributed by atoms with Gasteiger partial charge >= 0.3 is 6.03 Å². The molecule has 0 atom stereocenters. The second-order valence-corrected chi connectivity index (χ2v) is 11.9. The van der Waals surface area contributed by atoms with Crippen molar-refractivity contribution in [1.29, 1.82) is 0 Å². The van der Waals surface area contributed by atoms with Gasteiger partial charge in [0.1, 0.15) is 4.90 Å². The molecule has 2 aromatic rings. The largest absolute Gasteiger partial charge is 0.504 e. The number of sulfone groups is 1. The number of halogens is 3.